The Morgan fingerprint density at radius 2 is 1.66 bits per heavy atom. The van der Waals surface area contributed by atoms with Gasteiger partial charge in [0.15, 0.2) is 0 Å². The van der Waals surface area contributed by atoms with Gasteiger partial charge < -0.3 is 38.0 Å². The van der Waals surface area contributed by atoms with Crippen molar-refractivity contribution in [3.05, 3.63) is 11.9 Å². The van der Waals surface area contributed by atoms with E-state index in [0.29, 0.717) is 38.0 Å². The van der Waals surface area contributed by atoms with E-state index >= 15 is 0 Å². The van der Waals surface area contributed by atoms with Gasteiger partial charge in [-0.2, -0.15) is 0 Å². The van der Waals surface area contributed by atoms with Crippen LogP contribution in [0.15, 0.2) is 11.9 Å². The van der Waals surface area contributed by atoms with Crippen LogP contribution >= 0.6 is 0 Å². The highest BCUT2D eigenvalue weighted by atomic mass is 16.3. The average Bonchev–Trinajstić information content (AvgIpc) is 2.90. The molecule has 2 rings (SSSR count). The number of ketones is 1. The quantitative estimate of drug-likeness (QED) is 0.0598. The number of primary amides is 1. The number of hydrazine groups is 1. The van der Waals surface area contributed by atoms with Crippen LogP contribution in [0, 0.1) is 5.92 Å². The molecule has 2 aliphatic carbocycles. The number of hydrogen-bond acceptors (Lipinski definition) is 9. The first-order valence-electron chi connectivity index (χ1n) is 15.0. The molecule has 0 aromatic carbocycles. The van der Waals surface area contributed by atoms with Gasteiger partial charge in [0.25, 0.3) is 5.91 Å². The highest BCUT2D eigenvalue weighted by Gasteiger charge is 2.44. The molecule has 3 unspecified atom stereocenters. The van der Waals surface area contributed by atoms with Crippen LogP contribution in [-0.4, -0.2) is 62.9 Å². The standard InChI is InChI=1S/C29H53N7O5/c1-27(2,41)23(18-30)36(33)21(12-15-28(3,32)17-20-10-6-4-7-11-20)16-22(34-19-37)26(40)35-29(24(38)25(31)39)13-8-5-9-14-29/h18-22,41H,4-17,30,32-33H2,1-3H3,(H2,31,39)(H,34,37)(H,35,40)/b23-18-. The van der Waals surface area contributed by atoms with Gasteiger partial charge in [0, 0.05) is 17.8 Å². The van der Waals surface area contributed by atoms with Crippen LogP contribution in [0.2, 0.25) is 0 Å². The van der Waals surface area contributed by atoms with Gasteiger partial charge in [-0.25, -0.2) is 5.84 Å². The topological polar surface area (TPSA) is 220 Å². The second-order valence-electron chi connectivity index (χ2n) is 13.0. The Balaban J connectivity index is 2.30. The molecule has 2 saturated carbocycles. The summed E-state index contributed by atoms with van der Waals surface area (Å²) in [6, 6.07) is -1.66. The van der Waals surface area contributed by atoms with Crippen LogP contribution in [0.25, 0.3) is 0 Å². The zero-order valence-corrected chi connectivity index (χ0v) is 25.1. The number of nitrogens with zero attached hydrogens (tertiary/aromatic N) is 1. The average molecular weight is 580 g/mol. The zero-order valence-electron chi connectivity index (χ0n) is 25.1. The molecule has 0 aromatic heterocycles. The van der Waals surface area contributed by atoms with E-state index in [1.54, 1.807) is 13.8 Å². The fourth-order valence-corrected chi connectivity index (χ4v) is 6.55. The lowest BCUT2D eigenvalue weighted by Gasteiger charge is -2.40. The highest BCUT2D eigenvalue weighted by molar-refractivity contribution is 6.39. The smallest absolute Gasteiger partial charge is 0.287 e. The summed E-state index contributed by atoms with van der Waals surface area (Å²) in [6.07, 6.45) is 12.3. The molecule has 12 nitrogen and oxygen atoms in total. The van der Waals surface area contributed by atoms with E-state index in [4.69, 9.17) is 23.0 Å². The maximum Gasteiger partial charge on any atom is 0.287 e. The van der Waals surface area contributed by atoms with Gasteiger partial charge in [-0.15, -0.1) is 0 Å². The molecule has 12 heteroatoms. The number of aliphatic hydroxyl groups is 1. The van der Waals surface area contributed by atoms with Crippen molar-refractivity contribution in [2.75, 3.05) is 0 Å². The monoisotopic (exact) mass is 579 g/mol. The van der Waals surface area contributed by atoms with E-state index in [2.05, 4.69) is 10.6 Å². The van der Waals surface area contributed by atoms with Gasteiger partial charge in [0.1, 0.15) is 17.2 Å². The number of hydrogen-bond donors (Lipinski definition) is 7. The summed E-state index contributed by atoms with van der Waals surface area (Å²) in [5.41, 5.74) is 14.9. The van der Waals surface area contributed by atoms with Gasteiger partial charge in [0.2, 0.25) is 18.1 Å². The van der Waals surface area contributed by atoms with Crippen molar-refractivity contribution in [1.29, 1.82) is 0 Å². The molecule has 0 spiro atoms. The first kappa shape index (κ1) is 34.5. The Morgan fingerprint density at radius 3 is 2.17 bits per heavy atom. The van der Waals surface area contributed by atoms with Crippen LogP contribution in [-0.2, 0) is 19.2 Å². The molecule has 3 amide bonds. The van der Waals surface area contributed by atoms with Gasteiger partial charge in [-0.3, -0.25) is 19.2 Å². The SMILES string of the molecule is CC(N)(CCC(CC(NC=O)C(=O)NC1(C(=O)C(N)=O)CCCCC1)N(N)/C(=C\N)C(C)(C)O)CC1CCCCC1. The molecule has 0 aliphatic heterocycles. The van der Waals surface area contributed by atoms with Crippen molar-refractivity contribution in [2.45, 2.75) is 139 Å². The lowest BCUT2D eigenvalue weighted by Crippen LogP contribution is -2.62. The minimum absolute atomic E-state index is 0.0366. The van der Waals surface area contributed by atoms with E-state index in [-0.39, 0.29) is 25.0 Å². The van der Waals surface area contributed by atoms with Gasteiger partial charge in [-0.1, -0.05) is 51.4 Å². The third kappa shape index (κ3) is 9.96. The van der Waals surface area contributed by atoms with Crippen molar-refractivity contribution in [1.82, 2.24) is 15.6 Å². The molecule has 0 radical (unpaired) electrons. The van der Waals surface area contributed by atoms with Crippen molar-refractivity contribution >= 4 is 24.0 Å². The van der Waals surface area contributed by atoms with Crippen LogP contribution in [0.4, 0.5) is 0 Å². The first-order chi connectivity index (χ1) is 19.2. The number of amides is 3. The van der Waals surface area contributed by atoms with Gasteiger partial charge in [0.05, 0.1) is 5.70 Å². The Hall–Kier alpha value is -2.70. The Bertz CT molecular complexity index is 934. The molecular formula is C29H53N7O5. The Morgan fingerprint density at radius 1 is 1.07 bits per heavy atom. The van der Waals surface area contributed by atoms with Gasteiger partial charge >= 0.3 is 0 Å². The highest BCUT2D eigenvalue weighted by Crippen LogP contribution is 2.33. The molecule has 0 bridgehead atoms. The molecule has 3 atom stereocenters. The molecule has 2 fully saturated rings. The van der Waals surface area contributed by atoms with E-state index in [9.17, 15) is 24.3 Å². The first-order valence-corrected chi connectivity index (χ1v) is 15.0. The predicted octanol–water partition coefficient (Wildman–Crippen LogP) is 0.948. The Labute approximate surface area is 244 Å². The number of rotatable bonds is 16. The van der Waals surface area contributed by atoms with Crippen molar-refractivity contribution < 1.29 is 24.3 Å². The van der Waals surface area contributed by atoms with Gasteiger partial charge in [-0.05, 0) is 65.2 Å². The molecule has 0 saturated heterocycles. The second-order valence-corrected chi connectivity index (χ2v) is 13.0. The summed E-state index contributed by atoms with van der Waals surface area (Å²) in [6.45, 7) is 5.12. The largest absolute Gasteiger partial charge is 0.403 e. The lowest BCUT2D eigenvalue weighted by atomic mass is 9.77. The van der Waals surface area contributed by atoms with Crippen LogP contribution < -0.4 is 33.7 Å². The molecule has 234 valence electrons. The van der Waals surface area contributed by atoms with Crippen LogP contribution in [0.3, 0.4) is 0 Å². The normalized spacial score (nSPS) is 21.2. The summed E-state index contributed by atoms with van der Waals surface area (Å²) in [7, 11) is 0. The maximum atomic E-state index is 13.6. The number of carbonyl (C=O) groups is 4. The molecular weight excluding hydrogens is 526 g/mol. The maximum absolute atomic E-state index is 13.6. The van der Waals surface area contributed by atoms with E-state index in [1.807, 2.05) is 6.92 Å². The number of nitrogens with two attached hydrogens (primary N) is 4. The lowest BCUT2D eigenvalue weighted by molar-refractivity contribution is -0.143. The summed E-state index contributed by atoms with van der Waals surface area (Å²) < 4.78 is 0. The van der Waals surface area contributed by atoms with E-state index < -0.39 is 46.4 Å². The molecule has 2 aliphatic rings. The fraction of sp³-hybridized carbons (Fsp3) is 0.793. The number of Topliss-reactive ketones (excluding diaryl/α,β-unsaturated/α-hetero) is 1. The summed E-state index contributed by atoms with van der Waals surface area (Å²) in [5.74, 6) is 4.53. The van der Waals surface area contributed by atoms with Crippen molar-refractivity contribution in [3.63, 3.8) is 0 Å². The predicted molar refractivity (Wildman–Crippen MR) is 157 cm³/mol. The van der Waals surface area contributed by atoms with Crippen LogP contribution in [0.1, 0.15) is 111 Å². The molecule has 0 heterocycles. The summed E-state index contributed by atoms with van der Waals surface area (Å²) >= 11 is 0. The second kappa shape index (κ2) is 15.0. The third-order valence-corrected chi connectivity index (χ3v) is 8.81. The minimum atomic E-state index is -1.41. The number of nitrogens with one attached hydrogen (secondary N) is 2. The van der Waals surface area contributed by atoms with E-state index in [1.165, 1.54) is 30.5 Å². The summed E-state index contributed by atoms with van der Waals surface area (Å²) in [4.78, 5) is 49.8. The molecule has 11 N–H and O–H groups in total. The van der Waals surface area contributed by atoms with Crippen LogP contribution in [0.5, 0.6) is 0 Å². The zero-order chi connectivity index (χ0) is 30.8. The van der Waals surface area contributed by atoms with Crippen molar-refractivity contribution in [3.8, 4) is 0 Å². The molecule has 41 heavy (non-hydrogen) atoms. The Kier molecular flexibility index (Phi) is 12.6. The third-order valence-electron chi connectivity index (χ3n) is 8.81. The fourth-order valence-electron chi connectivity index (χ4n) is 6.55. The summed E-state index contributed by atoms with van der Waals surface area (Å²) in [5, 5.41) is 17.4. The van der Waals surface area contributed by atoms with E-state index in [0.717, 1.165) is 25.7 Å². The minimum Gasteiger partial charge on any atom is -0.403 e. The van der Waals surface area contributed by atoms with Crippen molar-refractivity contribution in [2.24, 2.45) is 29.0 Å². The number of carbonyl (C=O) groups excluding carboxylic acids is 4. The molecule has 0 aromatic rings.